The fourth-order valence-corrected chi connectivity index (χ4v) is 5.64. The quantitative estimate of drug-likeness (QED) is 0.549. The molecule has 1 saturated carbocycles. The number of fused-ring (bicyclic) bond motifs is 1. The first-order valence-corrected chi connectivity index (χ1v) is 12.9. The second-order valence-electron chi connectivity index (χ2n) is 9.87. The Labute approximate surface area is 205 Å². The highest BCUT2D eigenvalue weighted by molar-refractivity contribution is 5.87. The Hall–Kier alpha value is -2.76. The molecule has 6 rings (SSSR count). The molecule has 2 N–H and O–H groups in total. The minimum Gasteiger partial charge on any atom is -0.381 e. The summed E-state index contributed by atoms with van der Waals surface area (Å²) in [4.78, 5) is 12.2. The maximum atomic E-state index is 5.53. The van der Waals surface area contributed by atoms with Crippen molar-refractivity contribution < 1.29 is 9.47 Å². The van der Waals surface area contributed by atoms with Crippen molar-refractivity contribution in [1.29, 1.82) is 0 Å². The zero-order valence-electron chi connectivity index (χ0n) is 20.4. The van der Waals surface area contributed by atoms with Crippen LogP contribution in [0.4, 0.5) is 17.5 Å². The molecule has 0 unspecified atom stereocenters. The smallest absolute Gasteiger partial charge is 0.230 e. The number of hydrogen-bond acceptors (Lipinski definition) is 9. The average Bonchev–Trinajstić information content (AvgIpc) is 3.52. The first-order valence-electron chi connectivity index (χ1n) is 12.9. The molecule has 11 nitrogen and oxygen atoms in total. The van der Waals surface area contributed by atoms with Crippen LogP contribution in [-0.2, 0) is 16.5 Å². The van der Waals surface area contributed by atoms with Gasteiger partial charge in [0.2, 0.25) is 5.95 Å². The number of hydrogen-bond donors (Lipinski definition) is 2. The number of aryl methyl sites for hydroxylation is 1. The van der Waals surface area contributed by atoms with E-state index in [0.29, 0.717) is 24.1 Å². The van der Waals surface area contributed by atoms with E-state index in [-0.39, 0.29) is 0 Å². The molecule has 0 amide bonds. The minimum absolute atomic E-state index is 0.380. The molecule has 2 saturated heterocycles. The molecule has 5 heterocycles. The normalized spacial score (nSPS) is 24.6. The zero-order valence-corrected chi connectivity index (χ0v) is 20.4. The van der Waals surface area contributed by atoms with Gasteiger partial charge < -0.3 is 20.1 Å². The van der Waals surface area contributed by atoms with Crippen LogP contribution in [-0.4, -0.2) is 86.0 Å². The zero-order chi connectivity index (χ0) is 23.6. The van der Waals surface area contributed by atoms with E-state index in [2.05, 4.69) is 25.7 Å². The van der Waals surface area contributed by atoms with Gasteiger partial charge in [0.15, 0.2) is 5.82 Å². The van der Waals surface area contributed by atoms with Crippen LogP contribution in [0, 0.1) is 0 Å². The summed E-state index contributed by atoms with van der Waals surface area (Å²) in [6.45, 7) is 5.42. The van der Waals surface area contributed by atoms with E-state index in [1.807, 2.05) is 28.8 Å². The average molecular weight is 482 g/mol. The fourth-order valence-electron chi connectivity index (χ4n) is 5.64. The van der Waals surface area contributed by atoms with Gasteiger partial charge in [0, 0.05) is 51.6 Å². The van der Waals surface area contributed by atoms with Gasteiger partial charge in [0.05, 0.1) is 37.3 Å². The van der Waals surface area contributed by atoms with Gasteiger partial charge in [-0.25, -0.2) is 4.98 Å². The molecule has 188 valence electrons. The Bertz CT molecular complexity index is 1130. The van der Waals surface area contributed by atoms with Crippen molar-refractivity contribution >= 4 is 28.5 Å². The number of nitrogens with zero attached hydrogens (tertiary/aromatic N) is 7. The molecular weight excluding hydrogens is 446 g/mol. The van der Waals surface area contributed by atoms with Gasteiger partial charge >= 0.3 is 0 Å². The molecule has 0 radical (unpaired) electrons. The third kappa shape index (κ3) is 4.98. The summed E-state index contributed by atoms with van der Waals surface area (Å²) >= 11 is 0. The summed E-state index contributed by atoms with van der Waals surface area (Å²) in [7, 11) is 1.94. The largest absolute Gasteiger partial charge is 0.381 e. The van der Waals surface area contributed by atoms with E-state index in [9.17, 15) is 0 Å². The third-order valence-corrected chi connectivity index (χ3v) is 7.61. The van der Waals surface area contributed by atoms with Gasteiger partial charge in [-0.05, 0) is 38.5 Å². The SMILES string of the molecule is Cn1ncc2nc(Nc3cnn(C4CCOCC4)c3)nc(N[C@H]3CC[C@H](N4CCOCC4)CC3)c21. The Morgan fingerprint density at radius 3 is 2.43 bits per heavy atom. The predicted octanol–water partition coefficient (Wildman–Crippen LogP) is 2.71. The van der Waals surface area contributed by atoms with Gasteiger partial charge in [-0.2, -0.15) is 15.2 Å². The van der Waals surface area contributed by atoms with E-state index in [1.165, 1.54) is 12.8 Å². The molecule has 35 heavy (non-hydrogen) atoms. The first kappa shape index (κ1) is 22.7. The number of morpholine rings is 1. The van der Waals surface area contributed by atoms with Crippen LogP contribution < -0.4 is 10.6 Å². The summed E-state index contributed by atoms with van der Waals surface area (Å²) < 4.78 is 14.9. The second-order valence-corrected chi connectivity index (χ2v) is 9.87. The van der Waals surface area contributed by atoms with E-state index >= 15 is 0 Å². The summed E-state index contributed by atoms with van der Waals surface area (Å²) in [6, 6.07) is 1.44. The van der Waals surface area contributed by atoms with Crippen LogP contribution in [0.1, 0.15) is 44.6 Å². The van der Waals surface area contributed by atoms with Crippen molar-refractivity contribution in [3.05, 3.63) is 18.6 Å². The highest BCUT2D eigenvalue weighted by Gasteiger charge is 2.28. The summed E-state index contributed by atoms with van der Waals surface area (Å²) in [5.74, 6) is 1.39. The lowest BCUT2D eigenvalue weighted by Gasteiger charge is -2.39. The van der Waals surface area contributed by atoms with Crippen LogP contribution in [0.2, 0.25) is 0 Å². The van der Waals surface area contributed by atoms with Crippen molar-refractivity contribution in [3.8, 4) is 0 Å². The molecule has 2 aliphatic heterocycles. The minimum atomic E-state index is 0.380. The Balaban J connectivity index is 1.15. The molecule has 0 bridgehead atoms. The molecule has 3 fully saturated rings. The van der Waals surface area contributed by atoms with Crippen LogP contribution >= 0.6 is 0 Å². The maximum absolute atomic E-state index is 5.53. The molecule has 3 aliphatic rings. The van der Waals surface area contributed by atoms with Gasteiger partial charge in [-0.1, -0.05) is 0 Å². The molecule has 1 aliphatic carbocycles. The van der Waals surface area contributed by atoms with Gasteiger partial charge in [-0.3, -0.25) is 14.3 Å². The van der Waals surface area contributed by atoms with Crippen molar-refractivity contribution in [1.82, 2.24) is 34.4 Å². The second kappa shape index (κ2) is 10.1. The van der Waals surface area contributed by atoms with Crippen molar-refractivity contribution in [2.75, 3.05) is 50.2 Å². The van der Waals surface area contributed by atoms with Crippen LogP contribution in [0.25, 0.3) is 11.0 Å². The van der Waals surface area contributed by atoms with E-state index in [0.717, 1.165) is 87.7 Å². The maximum Gasteiger partial charge on any atom is 0.230 e. The van der Waals surface area contributed by atoms with Crippen LogP contribution in [0.5, 0.6) is 0 Å². The molecule has 3 aromatic heterocycles. The summed E-state index contributed by atoms with van der Waals surface area (Å²) in [6.07, 6.45) is 12.3. The van der Waals surface area contributed by atoms with Gasteiger partial charge in [0.25, 0.3) is 0 Å². The Morgan fingerprint density at radius 2 is 1.63 bits per heavy atom. The standard InChI is InChI=1S/C24H35N9O2/c1-31-22-21(15-25-31)29-24(28-18-14-26-33(16-18)20-6-10-34-11-7-20)30-23(22)27-17-2-4-19(5-3-17)32-8-12-35-13-9-32/h14-17,19-20H,2-13H2,1H3,(H2,27,28,29,30)/t17-,19-. The van der Waals surface area contributed by atoms with Crippen LogP contribution in [0.3, 0.4) is 0 Å². The molecular formula is C24H35N9O2. The number of ether oxygens (including phenoxy) is 2. The van der Waals surface area contributed by atoms with Gasteiger partial charge in [-0.15, -0.1) is 0 Å². The Kier molecular flexibility index (Phi) is 6.53. The number of anilines is 3. The molecule has 11 heteroatoms. The van der Waals surface area contributed by atoms with E-state index < -0.39 is 0 Å². The lowest BCUT2D eigenvalue weighted by molar-refractivity contribution is 0.00791. The summed E-state index contributed by atoms with van der Waals surface area (Å²) in [5.41, 5.74) is 2.65. The summed E-state index contributed by atoms with van der Waals surface area (Å²) in [5, 5.41) is 16.1. The van der Waals surface area contributed by atoms with Crippen LogP contribution in [0.15, 0.2) is 18.6 Å². The van der Waals surface area contributed by atoms with Gasteiger partial charge in [0.1, 0.15) is 11.0 Å². The lowest BCUT2D eigenvalue weighted by atomic mass is 9.90. The first-order chi connectivity index (χ1) is 17.2. The van der Waals surface area contributed by atoms with Crippen molar-refractivity contribution in [2.45, 2.75) is 56.7 Å². The number of nitrogens with one attached hydrogen (secondary N) is 2. The lowest BCUT2D eigenvalue weighted by Crippen LogP contribution is -2.46. The molecule has 3 aromatic rings. The fraction of sp³-hybridized carbons (Fsp3) is 0.667. The third-order valence-electron chi connectivity index (χ3n) is 7.61. The molecule has 0 atom stereocenters. The number of aromatic nitrogens is 6. The topological polar surface area (TPSA) is 107 Å². The predicted molar refractivity (Wildman–Crippen MR) is 133 cm³/mol. The van der Waals surface area contributed by atoms with Crippen molar-refractivity contribution in [3.63, 3.8) is 0 Å². The molecule has 0 spiro atoms. The highest BCUT2D eigenvalue weighted by Crippen LogP contribution is 2.29. The highest BCUT2D eigenvalue weighted by atomic mass is 16.5. The monoisotopic (exact) mass is 481 g/mol. The Morgan fingerprint density at radius 1 is 0.857 bits per heavy atom. The number of rotatable bonds is 6. The van der Waals surface area contributed by atoms with E-state index in [1.54, 1.807) is 6.20 Å². The van der Waals surface area contributed by atoms with E-state index in [4.69, 9.17) is 19.4 Å². The molecule has 0 aromatic carbocycles. The van der Waals surface area contributed by atoms with Crippen molar-refractivity contribution in [2.24, 2.45) is 7.05 Å².